The Morgan fingerprint density at radius 2 is 1.81 bits per heavy atom. The molecule has 1 aromatic heterocycles. The van der Waals surface area contributed by atoms with Gasteiger partial charge in [-0.1, -0.05) is 53.7 Å². The number of carboxylic acids is 1. The Morgan fingerprint density at radius 1 is 1.03 bits per heavy atom. The number of aliphatic carboxylic acids is 1. The van der Waals surface area contributed by atoms with Crippen molar-refractivity contribution in [2.75, 3.05) is 6.54 Å². The lowest BCUT2D eigenvalue weighted by Crippen LogP contribution is -2.34. The lowest BCUT2D eigenvalue weighted by atomic mass is 9.94. The van der Waals surface area contributed by atoms with Crippen molar-refractivity contribution in [1.82, 2.24) is 15.5 Å². The molecule has 0 aliphatic heterocycles. The highest BCUT2D eigenvalue weighted by Crippen LogP contribution is 2.40. The van der Waals surface area contributed by atoms with Gasteiger partial charge in [0.25, 0.3) is 5.89 Å². The van der Waals surface area contributed by atoms with Gasteiger partial charge in [0.1, 0.15) is 6.04 Å². The number of hydrogen-bond donors (Lipinski definition) is 2. The van der Waals surface area contributed by atoms with E-state index >= 15 is 0 Å². The summed E-state index contributed by atoms with van der Waals surface area (Å²) in [5.74, 6) is -0.701. The number of rotatable bonds is 8. The Kier molecular flexibility index (Phi) is 7.21. The van der Waals surface area contributed by atoms with E-state index in [1.807, 2.05) is 12.1 Å². The van der Waals surface area contributed by atoms with Gasteiger partial charge in [-0.15, -0.1) is 0 Å². The second kappa shape index (κ2) is 10.3. The molecule has 4 rings (SSSR count). The molecule has 1 atom stereocenters. The quantitative estimate of drug-likeness (QED) is 0.312. The van der Waals surface area contributed by atoms with Crippen LogP contribution < -0.4 is 5.32 Å². The van der Waals surface area contributed by atoms with Crippen LogP contribution in [0.15, 0.2) is 71.3 Å². The van der Waals surface area contributed by atoms with Gasteiger partial charge < -0.3 is 14.9 Å². The first kappa shape index (κ1) is 25.1. The lowest BCUT2D eigenvalue weighted by molar-refractivity contribution is -0.139. The molecule has 0 fully saturated rings. The molecule has 3 aromatic carbocycles. The van der Waals surface area contributed by atoms with Gasteiger partial charge in [0.05, 0.1) is 5.56 Å². The van der Waals surface area contributed by atoms with E-state index < -0.39 is 23.8 Å². The Morgan fingerprint density at radius 3 is 2.53 bits per heavy atom. The van der Waals surface area contributed by atoms with E-state index in [2.05, 4.69) is 15.5 Å². The predicted molar refractivity (Wildman–Crippen MR) is 129 cm³/mol. The van der Waals surface area contributed by atoms with Gasteiger partial charge in [-0.3, -0.25) is 4.79 Å². The highest BCUT2D eigenvalue weighted by molar-refractivity contribution is 5.75. The number of aryl methyl sites for hydroxylation is 1. The van der Waals surface area contributed by atoms with Crippen molar-refractivity contribution in [3.05, 3.63) is 83.4 Å². The van der Waals surface area contributed by atoms with Crippen LogP contribution in [0.5, 0.6) is 0 Å². The van der Waals surface area contributed by atoms with E-state index in [0.29, 0.717) is 24.1 Å². The molecule has 0 amide bonds. The van der Waals surface area contributed by atoms with Gasteiger partial charge >= 0.3 is 12.1 Å². The van der Waals surface area contributed by atoms with Crippen LogP contribution in [0.1, 0.15) is 23.6 Å². The number of carbonyl (C=O) groups is 1. The number of alkyl halides is 3. The number of benzene rings is 3. The van der Waals surface area contributed by atoms with Gasteiger partial charge in [0, 0.05) is 11.1 Å². The Balaban J connectivity index is 1.60. The van der Waals surface area contributed by atoms with Crippen molar-refractivity contribution < 1.29 is 27.6 Å². The summed E-state index contributed by atoms with van der Waals surface area (Å²) in [6.45, 7) is 3.80. The number of nitrogens with zero attached hydrogens (tertiary/aromatic N) is 2. The third-order valence-electron chi connectivity index (χ3n) is 5.85. The molecule has 0 bridgehead atoms. The summed E-state index contributed by atoms with van der Waals surface area (Å²) < 4.78 is 47.2. The SMILES string of the molecule is Cc1ccccc1-c1ccc(-c2nc(-c3cccc(CCN[C@H](C)C(=O)O)c3)no2)cc1C(F)(F)F. The lowest BCUT2D eigenvalue weighted by Gasteiger charge is -2.15. The van der Waals surface area contributed by atoms with Gasteiger partial charge in [0.2, 0.25) is 5.82 Å². The van der Waals surface area contributed by atoms with Gasteiger partial charge in [-0.2, -0.15) is 18.2 Å². The first-order valence-corrected chi connectivity index (χ1v) is 11.3. The van der Waals surface area contributed by atoms with Crippen molar-refractivity contribution in [3.63, 3.8) is 0 Å². The molecule has 0 aliphatic carbocycles. The van der Waals surface area contributed by atoms with Crippen LogP contribution in [0.4, 0.5) is 13.2 Å². The van der Waals surface area contributed by atoms with E-state index in [1.165, 1.54) is 6.07 Å². The summed E-state index contributed by atoms with van der Waals surface area (Å²) in [4.78, 5) is 15.3. The second-order valence-corrected chi connectivity index (χ2v) is 8.46. The van der Waals surface area contributed by atoms with E-state index in [-0.39, 0.29) is 22.8 Å². The zero-order valence-corrected chi connectivity index (χ0v) is 19.6. The van der Waals surface area contributed by atoms with Crippen LogP contribution in [0, 0.1) is 6.92 Å². The minimum atomic E-state index is -4.57. The molecule has 0 spiro atoms. The molecule has 6 nitrogen and oxygen atoms in total. The third-order valence-corrected chi connectivity index (χ3v) is 5.85. The molecule has 2 N–H and O–H groups in total. The standard InChI is InChI=1S/C27H24F3N3O3/c1-16-6-3-4-9-21(16)22-11-10-20(15-23(22)27(28,29)30)25-32-24(33-36-25)19-8-5-7-18(14-19)12-13-31-17(2)26(34)35/h3-11,14-15,17,31H,12-13H2,1-2H3,(H,34,35)/t17-/m1/s1. The minimum absolute atomic E-state index is 0.0193. The third kappa shape index (κ3) is 5.63. The minimum Gasteiger partial charge on any atom is -0.480 e. The maximum absolute atomic E-state index is 14.0. The largest absolute Gasteiger partial charge is 0.480 e. The first-order valence-electron chi connectivity index (χ1n) is 11.3. The van der Waals surface area contributed by atoms with Crippen LogP contribution in [0.3, 0.4) is 0 Å². The van der Waals surface area contributed by atoms with Crippen molar-refractivity contribution in [3.8, 4) is 34.0 Å². The van der Waals surface area contributed by atoms with Crippen molar-refractivity contribution >= 4 is 5.97 Å². The maximum atomic E-state index is 14.0. The van der Waals surface area contributed by atoms with Crippen molar-refractivity contribution in [2.45, 2.75) is 32.5 Å². The van der Waals surface area contributed by atoms with Crippen LogP contribution in [0.2, 0.25) is 0 Å². The first-order chi connectivity index (χ1) is 17.1. The molecule has 36 heavy (non-hydrogen) atoms. The Hall–Kier alpha value is -3.98. The molecule has 0 unspecified atom stereocenters. The fraction of sp³-hybridized carbons (Fsp3) is 0.222. The van der Waals surface area contributed by atoms with Crippen LogP contribution in [0.25, 0.3) is 34.0 Å². The molecular weight excluding hydrogens is 471 g/mol. The summed E-state index contributed by atoms with van der Waals surface area (Å²) in [6.07, 6.45) is -4.00. The molecular formula is C27H24F3N3O3. The number of aromatic nitrogens is 2. The summed E-state index contributed by atoms with van der Waals surface area (Å²) in [7, 11) is 0. The second-order valence-electron chi connectivity index (χ2n) is 8.46. The van der Waals surface area contributed by atoms with Gasteiger partial charge in [0.15, 0.2) is 0 Å². The molecule has 0 aliphatic rings. The van der Waals surface area contributed by atoms with E-state index in [1.54, 1.807) is 56.3 Å². The molecule has 1 heterocycles. The number of carboxylic acid groups (broad SMARTS) is 1. The average molecular weight is 496 g/mol. The van der Waals surface area contributed by atoms with E-state index in [9.17, 15) is 18.0 Å². The van der Waals surface area contributed by atoms with E-state index in [0.717, 1.165) is 17.2 Å². The van der Waals surface area contributed by atoms with E-state index in [4.69, 9.17) is 9.63 Å². The molecule has 0 saturated carbocycles. The summed E-state index contributed by atoms with van der Waals surface area (Å²) in [6, 6.07) is 17.6. The highest BCUT2D eigenvalue weighted by Gasteiger charge is 2.34. The highest BCUT2D eigenvalue weighted by atomic mass is 19.4. The van der Waals surface area contributed by atoms with Crippen molar-refractivity contribution in [1.29, 1.82) is 0 Å². The molecule has 4 aromatic rings. The average Bonchev–Trinajstić information content (AvgIpc) is 3.34. The van der Waals surface area contributed by atoms with Crippen LogP contribution in [-0.2, 0) is 17.4 Å². The molecule has 186 valence electrons. The number of hydrogen-bond acceptors (Lipinski definition) is 5. The smallest absolute Gasteiger partial charge is 0.417 e. The fourth-order valence-electron chi connectivity index (χ4n) is 3.87. The number of nitrogens with one attached hydrogen (secondary N) is 1. The predicted octanol–water partition coefficient (Wildman–Crippen LogP) is 6.00. The number of halogens is 3. The molecule has 9 heteroatoms. The fourth-order valence-corrected chi connectivity index (χ4v) is 3.87. The van der Waals surface area contributed by atoms with Crippen LogP contribution in [-0.4, -0.2) is 33.8 Å². The van der Waals surface area contributed by atoms with Gasteiger partial charge in [-0.05, 0) is 67.3 Å². The Labute approximate surface area is 205 Å². The normalized spacial score (nSPS) is 12.5. The summed E-state index contributed by atoms with van der Waals surface area (Å²) in [5.41, 5.74) is 2.28. The molecule has 0 saturated heterocycles. The summed E-state index contributed by atoms with van der Waals surface area (Å²) in [5, 5.41) is 15.8. The topological polar surface area (TPSA) is 88.2 Å². The monoisotopic (exact) mass is 495 g/mol. The zero-order chi connectivity index (χ0) is 25.9. The summed E-state index contributed by atoms with van der Waals surface area (Å²) >= 11 is 0. The Bertz CT molecular complexity index is 1380. The van der Waals surface area contributed by atoms with Gasteiger partial charge in [-0.25, -0.2) is 0 Å². The van der Waals surface area contributed by atoms with Crippen molar-refractivity contribution in [2.24, 2.45) is 0 Å². The molecule has 0 radical (unpaired) electrons. The zero-order valence-electron chi connectivity index (χ0n) is 19.6. The van der Waals surface area contributed by atoms with Crippen LogP contribution >= 0.6 is 0 Å². The maximum Gasteiger partial charge on any atom is 0.417 e.